The summed E-state index contributed by atoms with van der Waals surface area (Å²) in [6, 6.07) is 26.4. The van der Waals surface area contributed by atoms with Crippen molar-refractivity contribution in [1.29, 1.82) is 0 Å². The summed E-state index contributed by atoms with van der Waals surface area (Å²) in [6.07, 6.45) is 4.93. The zero-order valence-electron chi connectivity index (χ0n) is 18.2. The van der Waals surface area contributed by atoms with E-state index in [4.69, 9.17) is 0 Å². The Kier molecular flexibility index (Phi) is 6.48. The van der Waals surface area contributed by atoms with E-state index in [0.717, 1.165) is 28.5 Å². The van der Waals surface area contributed by atoms with Crippen molar-refractivity contribution in [2.75, 3.05) is 0 Å². The Bertz CT molecular complexity index is 1240. The molecule has 154 valence electrons. The minimum atomic E-state index is -0.249. The second kappa shape index (κ2) is 9.63. The van der Waals surface area contributed by atoms with E-state index in [9.17, 15) is 4.39 Å². The molecule has 0 saturated carbocycles. The summed E-state index contributed by atoms with van der Waals surface area (Å²) in [4.78, 5) is 0. The summed E-state index contributed by atoms with van der Waals surface area (Å²) in [5.41, 5.74) is 6.19. The Morgan fingerprint density at radius 1 is 0.742 bits per heavy atom. The second-order valence-electron chi connectivity index (χ2n) is 8.13. The maximum atomic E-state index is 14.8. The molecule has 0 N–H and O–H groups in total. The van der Waals surface area contributed by atoms with Gasteiger partial charge in [0.15, 0.2) is 0 Å². The molecule has 4 aromatic rings. The Morgan fingerprint density at radius 3 is 2.16 bits per heavy atom. The third-order valence-corrected chi connectivity index (χ3v) is 5.69. The fourth-order valence-electron chi connectivity index (χ4n) is 3.84. The first-order chi connectivity index (χ1) is 15.1. The number of benzene rings is 4. The number of rotatable bonds is 5. The van der Waals surface area contributed by atoms with Gasteiger partial charge in [0, 0.05) is 10.9 Å². The van der Waals surface area contributed by atoms with Gasteiger partial charge in [-0.1, -0.05) is 97.8 Å². The normalized spacial score (nSPS) is 10.7. The molecule has 0 bridgehead atoms. The zero-order chi connectivity index (χ0) is 21.6. The van der Waals surface area contributed by atoms with Crippen LogP contribution in [0, 0.1) is 24.6 Å². The van der Waals surface area contributed by atoms with Crippen LogP contribution in [0.25, 0.3) is 21.9 Å². The predicted molar refractivity (Wildman–Crippen MR) is 130 cm³/mol. The molecule has 0 fully saturated rings. The lowest BCUT2D eigenvalue weighted by molar-refractivity contribution is 0.636. The third-order valence-electron chi connectivity index (χ3n) is 5.69. The molecular formula is C30H27F. The number of fused-ring (bicyclic) bond motifs is 1. The van der Waals surface area contributed by atoms with Crippen LogP contribution in [0.1, 0.15) is 48.4 Å². The molecule has 0 spiro atoms. The largest absolute Gasteiger partial charge is 0.205 e. The van der Waals surface area contributed by atoms with Crippen molar-refractivity contribution >= 4 is 10.8 Å². The lowest BCUT2D eigenvalue weighted by Gasteiger charge is -2.05. The molecular weight excluding hydrogens is 379 g/mol. The first-order valence-electron chi connectivity index (χ1n) is 11.0. The molecule has 1 heteroatoms. The third kappa shape index (κ3) is 5.04. The fraction of sp³-hybridized carbons (Fsp3) is 0.200. The van der Waals surface area contributed by atoms with E-state index in [2.05, 4.69) is 55.2 Å². The van der Waals surface area contributed by atoms with E-state index in [0.29, 0.717) is 10.9 Å². The van der Waals surface area contributed by atoms with E-state index >= 15 is 0 Å². The van der Waals surface area contributed by atoms with Gasteiger partial charge in [-0.25, -0.2) is 4.39 Å². The van der Waals surface area contributed by atoms with Crippen LogP contribution in [-0.2, 0) is 6.42 Å². The minimum absolute atomic E-state index is 0.249. The topological polar surface area (TPSA) is 0 Å². The number of hydrogen-bond donors (Lipinski definition) is 0. The van der Waals surface area contributed by atoms with Gasteiger partial charge in [0.1, 0.15) is 5.82 Å². The zero-order valence-corrected chi connectivity index (χ0v) is 18.2. The SMILES string of the molecule is CCCCCc1ccc(-c2ccc(C#Cc3ccc4cc(C)ccc4c3F)cc2)cc1. The number of halogens is 1. The van der Waals surface area contributed by atoms with E-state index in [-0.39, 0.29) is 5.82 Å². The molecule has 0 amide bonds. The number of unbranched alkanes of at least 4 members (excludes halogenated alkanes) is 2. The monoisotopic (exact) mass is 406 g/mol. The van der Waals surface area contributed by atoms with Crippen molar-refractivity contribution in [3.63, 3.8) is 0 Å². The van der Waals surface area contributed by atoms with Crippen LogP contribution in [0.2, 0.25) is 0 Å². The summed E-state index contributed by atoms with van der Waals surface area (Å²) < 4.78 is 14.8. The highest BCUT2D eigenvalue weighted by Crippen LogP contribution is 2.23. The van der Waals surface area contributed by atoms with Gasteiger partial charge in [0.25, 0.3) is 0 Å². The molecule has 0 atom stereocenters. The van der Waals surface area contributed by atoms with Gasteiger partial charge in [-0.05, 0) is 60.0 Å². The van der Waals surface area contributed by atoms with Crippen molar-refractivity contribution in [3.05, 3.63) is 107 Å². The lowest BCUT2D eigenvalue weighted by Crippen LogP contribution is -1.87. The Labute approximate surface area is 184 Å². The van der Waals surface area contributed by atoms with Crippen molar-refractivity contribution in [1.82, 2.24) is 0 Å². The van der Waals surface area contributed by atoms with Crippen molar-refractivity contribution in [2.24, 2.45) is 0 Å². The molecule has 0 aliphatic heterocycles. The molecule has 0 nitrogen and oxygen atoms in total. The maximum Gasteiger partial charge on any atom is 0.146 e. The highest BCUT2D eigenvalue weighted by atomic mass is 19.1. The molecule has 0 saturated heterocycles. The van der Waals surface area contributed by atoms with Crippen LogP contribution >= 0.6 is 0 Å². The van der Waals surface area contributed by atoms with E-state index in [1.165, 1.54) is 30.4 Å². The molecule has 0 radical (unpaired) electrons. The Morgan fingerprint density at radius 2 is 1.45 bits per heavy atom. The van der Waals surface area contributed by atoms with Gasteiger partial charge in [0.2, 0.25) is 0 Å². The average Bonchev–Trinajstić information content (AvgIpc) is 2.80. The van der Waals surface area contributed by atoms with E-state index < -0.39 is 0 Å². The molecule has 0 aliphatic rings. The van der Waals surface area contributed by atoms with Gasteiger partial charge >= 0.3 is 0 Å². The van der Waals surface area contributed by atoms with Crippen molar-refractivity contribution in [3.8, 4) is 23.0 Å². The summed E-state index contributed by atoms with van der Waals surface area (Å²) >= 11 is 0. The van der Waals surface area contributed by atoms with Crippen LogP contribution in [0.3, 0.4) is 0 Å². The molecule has 0 aromatic heterocycles. The lowest BCUT2D eigenvalue weighted by atomic mass is 10.0. The van der Waals surface area contributed by atoms with Crippen LogP contribution in [-0.4, -0.2) is 0 Å². The van der Waals surface area contributed by atoms with Crippen LogP contribution < -0.4 is 0 Å². The Hall–Kier alpha value is -3.37. The summed E-state index contributed by atoms with van der Waals surface area (Å²) in [7, 11) is 0. The molecule has 0 aliphatic carbocycles. The summed E-state index contributed by atoms with van der Waals surface area (Å²) in [5, 5.41) is 1.52. The smallest absolute Gasteiger partial charge is 0.146 e. The Balaban J connectivity index is 1.50. The second-order valence-corrected chi connectivity index (χ2v) is 8.13. The van der Waals surface area contributed by atoms with Gasteiger partial charge in [0.05, 0.1) is 5.56 Å². The predicted octanol–water partition coefficient (Wildman–Crippen LogP) is 8.09. The molecule has 4 rings (SSSR count). The molecule has 0 unspecified atom stereocenters. The van der Waals surface area contributed by atoms with Crippen LogP contribution in [0.15, 0.2) is 78.9 Å². The first-order valence-corrected chi connectivity index (χ1v) is 11.0. The standard InChI is InChI=1S/C30H27F/c1-3-4-5-6-23-8-13-25(14-9-23)26-15-10-24(11-16-26)12-17-27-18-19-28-21-22(2)7-20-29(28)30(27)31/h7-11,13-16,18-21H,3-6H2,1-2H3. The maximum absolute atomic E-state index is 14.8. The minimum Gasteiger partial charge on any atom is -0.205 e. The van der Waals surface area contributed by atoms with Crippen molar-refractivity contribution in [2.45, 2.75) is 39.5 Å². The summed E-state index contributed by atoms with van der Waals surface area (Å²) in [5.74, 6) is 5.86. The van der Waals surface area contributed by atoms with Gasteiger partial charge in [-0.15, -0.1) is 0 Å². The molecule has 31 heavy (non-hydrogen) atoms. The fourth-order valence-corrected chi connectivity index (χ4v) is 3.84. The first kappa shape index (κ1) is 20.9. The van der Waals surface area contributed by atoms with Gasteiger partial charge in [-0.3, -0.25) is 0 Å². The van der Waals surface area contributed by atoms with Gasteiger partial charge in [-0.2, -0.15) is 0 Å². The van der Waals surface area contributed by atoms with E-state index in [1.807, 2.05) is 43.3 Å². The van der Waals surface area contributed by atoms with E-state index in [1.54, 1.807) is 6.07 Å². The van der Waals surface area contributed by atoms with Gasteiger partial charge < -0.3 is 0 Å². The number of aryl methyl sites for hydroxylation is 2. The number of hydrogen-bond acceptors (Lipinski definition) is 0. The quantitative estimate of drug-likeness (QED) is 0.232. The molecule has 4 aromatic carbocycles. The highest BCUT2D eigenvalue weighted by Gasteiger charge is 2.05. The van der Waals surface area contributed by atoms with Crippen molar-refractivity contribution < 1.29 is 4.39 Å². The molecule has 0 heterocycles. The highest BCUT2D eigenvalue weighted by molar-refractivity contribution is 5.85. The average molecular weight is 407 g/mol. The van der Waals surface area contributed by atoms with Crippen LogP contribution in [0.5, 0.6) is 0 Å². The van der Waals surface area contributed by atoms with Crippen LogP contribution in [0.4, 0.5) is 4.39 Å². The summed E-state index contributed by atoms with van der Waals surface area (Å²) in [6.45, 7) is 4.24.